The molecule has 0 saturated heterocycles. The summed E-state index contributed by atoms with van der Waals surface area (Å²) in [6.45, 7) is 3.73. The standard InChI is InChI=1S/C28H34N2O5/c1-17(2)25(27(32)33)30-26(31)22-14-4-3-5-15-24(22)29-28(34)35-16-23-20-12-8-6-10-18(20)19-11-7-9-13-21(19)23/h6-13,17,22-25H,3-5,14-16H2,1-2H3,(H,29,34)(H,30,31)(H,32,33)/t22?,24?,25-/m0/s1. The minimum Gasteiger partial charge on any atom is -0.480 e. The van der Waals surface area contributed by atoms with Crippen LogP contribution in [0.4, 0.5) is 4.79 Å². The van der Waals surface area contributed by atoms with Crippen LogP contribution in [-0.2, 0) is 14.3 Å². The van der Waals surface area contributed by atoms with Crippen LogP contribution in [0.15, 0.2) is 48.5 Å². The Kier molecular flexibility index (Phi) is 7.73. The first kappa shape index (κ1) is 24.8. The first-order chi connectivity index (χ1) is 16.9. The van der Waals surface area contributed by atoms with Crippen molar-refractivity contribution in [3.05, 3.63) is 59.7 Å². The predicted molar refractivity (Wildman–Crippen MR) is 133 cm³/mol. The van der Waals surface area contributed by atoms with Crippen molar-refractivity contribution in [3.8, 4) is 11.1 Å². The lowest BCUT2D eigenvalue weighted by molar-refractivity contribution is -0.144. The fraction of sp³-hybridized carbons (Fsp3) is 0.464. The van der Waals surface area contributed by atoms with E-state index in [2.05, 4.69) is 34.9 Å². The summed E-state index contributed by atoms with van der Waals surface area (Å²) in [6.07, 6.45) is 3.44. The Balaban J connectivity index is 1.42. The van der Waals surface area contributed by atoms with Gasteiger partial charge in [0.2, 0.25) is 5.91 Å². The number of carbonyl (C=O) groups excluding carboxylic acids is 2. The number of carboxylic acid groups (broad SMARTS) is 1. The van der Waals surface area contributed by atoms with Crippen molar-refractivity contribution in [3.63, 3.8) is 0 Å². The number of hydrogen-bond acceptors (Lipinski definition) is 4. The summed E-state index contributed by atoms with van der Waals surface area (Å²) in [4.78, 5) is 37.5. The Morgan fingerprint density at radius 3 is 2.14 bits per heavy atom. The van der Waals surface area contributed by atoms with Crippen LogP contribution in [0.2, 0.25) is 0 Å². The van der Waals surface area contributed by atoms with Gasteiger partial charge in [0.15, 0.2) is 0 Å². The Hall–Kier alpha value is -3.35. The predicted octanol–water partition coefficient (Wildman–Crippen LogP) is 4.70. The molecule has 0 heterocycles. The zero-order valence-electron chi connectivity index (χ0n) is 20.3. The van der Waals surface area contributed by atoms with Crippen molar-refractivity contribution >= 4 is 18.0 Å². The second-order valence-corrected chi connectivity index (χ2v) is 9.89. The second-order valence-electron chi connectivity index (χ2n) is 9.89. The Morgan fingerprint density at radius 2 is 1.54 bits per heavy atom. The van der Waals surface area contributed by atoms with Crippen molar-refractivity contribution in [1.29, 1.82) is 0 Å². The summed E-state index contributed by atoms with van der Waals surface area (Å²) < 4.78 is 5.69. The Bertz CT molecular complexity index is 1040. The van der Waals surface area contributed by atoms with E-state index in [1.807, 2.05) is 24.3 Å². The second kappa shape index (κ2) is 10.9. The van der Waals surface area contributed by atoms with Crippen molar-refractivity contribution in [2.24, 2.45) is 11.8 Å². The molecule has 1 fully saturated rings. The minimum atomic E-state index is -1.05. The molecule has 7 nitrogen and oxygen atoms in total. The Morgan fingerprint density at radius 1 is 0.943 bits per heavy atom. The van der Waals surface area contributed by atoms with Crippen LogP contribution >= 0.6 is 0 Å². The smallest absolute Gasteiger partial charge is 0.407 e. The van der Waals surface area contributed by atoms with Gasteiger partial charge in [0.25, 0.3) is 0 Å². The molecule has 0 radical (unpaired) electrons. The fourth-order valence-corrected chi connectivity index (χ4v) is 5.36. The molecule has 0 bridgehead atoms. The van der Waals surface area contributed by atoms with Crippen molar-refractivity contribution in [2.75, 3.05) is 6.61 Å². The lowest BCUT2D eigenvalue weighted by Gasteiger charge is -2.27. The lowest BCUT2D eigenvalue weighted by atomic mass is 9.92. The zero-order valence-corrected chi connectivity index (χ0v) is 20.3. The first-order valence-corrected chi connectivity index (χ1v) is 12.5. The van der Waals surface area contributed by atoms with Gasteiger partial charge in [-0.05, 0) is 41.0 Å². The number of benzene rings is 2. The molecule has 2 aromatic carbocycles. The molecule has 35 heavy (non-hydrogen) atoms. The van der Waals surface area contributed by atoms with E-state index in [0.717, 1.165) is 41.5 Å². The van der Waals surface area contributed by atoms with Crippen molar-refractivity contribution in [2.45, 2.75) is 64.0 Å². The number of hydrogen-bond donors (Lipinski definition) is 3. The summed E-state index contributed by atoms with van der Waals surface area (Å²) in [6, 6.07) is 15.0. The van der Waals surface area contributed by atoms with Crippen LogP contribution in [-0.4, -0.2) is 41.8 Å². The number of carbonyl (C=O) groups is 3. The monoisotopic (exact) mass is 478 g/mol. The SMILES string of the molecule is CC(C)[C@H](NC(=O)C1CCCCCC1NC(=O)OCC1c2ccccc2-c2ccccc21)C(=O)O. The maximum atomic E-state index is 13.0. The average Bonchev–Trinajstić information content (AvgIpc) is 2.97. The van der Waals surface area contributed by atoms with Crippen LogP contribution in [0.3, 0.4) is 0 Å². The summed E-state index contributed by atoms with van der Waals surface area (Å²) in [5.74, 6) is -2.14. The molecule has 2 aromatic rings. The number of aliphatic carboxylic acids is 1. The molecule has 0 aliphatic heterocycles. The number of ether oxygens (including phenoxy) is 1. The molecule has 186 valence electrons. The summed E-state index contributed by atoms with van der Waals surface area (Å²) >= 11 is 0. The minimum absolute atomic E-state index is 0.0382. The van der Waals surface area contributed by atoms with Gasteiger partial charge in [-0.15, -0.1) is 0 Å². The molecule has 2 aliphatic rings. The van der Waals surface area contributed by atoms with Gasteiger partial charge in [-0.3, -0.25) is 4.79 Å². The third kappa shape index (κ3) is 5.50. The highest BCUT2D eigenvalue weighted by molar-refractivity contribution is 5.86. The number of alkyl carbamates (subject to hydrolysis) is 1. The van der Waals surface area contributed by atoms with Gasteiger partial charge in [-0.2, -0.15) is 0 Å². The van der Waals surface area contributed by atoms with Gasteiger partial charge in [0.1, 0.15) is 12.6 Å². The zero-order chi connectivity index (χ0) is 24.9. The Labute approximate surface area is 206 Å². The van der Waals surface area contributed by atoms with Gasteiger partial charge in [0, 0.05) is 12.0 Å². The van der Waals surface area contributed by atoms with E-state index >= 15 is 0 Å². The van der Waals surface area contributed by atoms with E-state index in [4.69, 9.17) is 4.74 Å². The third-order valence-corrected chi connectivity index (χ3v) is 7.23. The van der Waals surface area contributed by atoms with Gasteiger partial charge < -0.3 is 20.5 Å². The molecular weight excluding hydrogens is 444 g/mol. The maximum absolute atomic E-state index is 13.0. The normalized spacial score (nSPS) is 20.3. The number of nitrogens with one attached hydrogen (secondary N) is 2. The summed E-state index contributed by atoms with van der Waals surface area (Å²) in [5, 5.41) is 15.1. The topological polar surface area (TPSA) is 105 Å². The summed E-state index contributed by atoms with van der Waals surface area (Å²) in [5.41, 5.74) is 4.61. The van der Waals surface area contributed by atoms with Crippen LogP contribution in [0.25, 0.3) is 11.1 Å². The van der Waals surface area contributed by atoms with Crippen molar-refractivity contribution < 1.29 is 24.2 Å². The average molecular weight is 479 g/mol. The molecule has 3 N–H and O–H groups in total. The van der Waals surface area contributed by atoms with E-state index in [0.29, 0.717) is 12.8 Å². The number of rotatable bonds is 7. The fourth-order valence-electron chi connectivity index (χ4n) is 5.36. The number of amides is 2. The molecule has 0 aromatic heterocycles. The highest BCUT2D eigenvalue weighted by Gasteiger charge is 2.35. The summed E-state index contributed by atoms with van der Waals surface area (Å²) in [7, 11) is 0. The van der Waals surface area contributed by atoms with E-state index in [9.17, 15) is 19.5 Å². The first-order valence-electron chi connectivity index (χ1n) is 12.5. The quantitative estimate of drug-likeness (QED) is 0.501. The van der Waals surface area contributed by atoms with Crippen LogP contribution in [0.1, 0.15) is 63.0 Å². The molecule has 7 heteroatoms. The van der Waals surface area contributed by atoms with E-state index in [-0.39, 0.29) is 24.3 Å². The number of fused-ring (bicyclic) bond motifs is 3. The molecule has 1 saturated carbocycles. The van der Waals surface area contributed by atoms with Crippen LogP contribution < -0.4 is 10.6 Å². The lowest BCUT2D eigenvalue weighted by Crippen LogP contribution is -2.51. The third-order valence-electron chi connectivity index (χ3n) is 7.23. The molecule has 4 rings (SSSR count). The van der Waals surface area contributed by atoms with E-state index in [1.165, 1.54) is 0 Å². The molecule has 2 aliphatic carbocycles. The van der Waals surface area contributed by atoms with Crippen molar-refractivity contribution in [1.82, 2.24) is 10.6 Å². The van der Waals surface area contributed by atoms with Crippen LogP contribution in [0, 0.1) is 11.8 Å². The molecule has 0 spiro atoms. The highest BCUT2D eigenvalue weighted by atomic mass is 16.5. The van der Waals surface area contributed by atoms with Crippen LogP contribution in [0.5, 0.6) is 0 Å². The van der Waals surface area contributed by atoms with Gasteiger partial charge in [0.05, 0.1) is 5.92 Å². The highest BCUT2D eigenvalue weighted by Crippen LogP contribution is 2.44. The van der Waals surface area contributed by atoms with E-state index in [1.54, 1.807) is 13.8 Å². The maximum Gasteiger partial charge on any atom is 0.407 e. The molecule has 3 atom stereocenters. The number of carboxylic acids is 1. The van der Waals surface area contributed by atoms with E-state index < -0.39 is 30.1 Å². The van der Waals surface area contributed by atoms with Gasteiger partial charge in [-0.1, -0.05) is 81.6 Å². The molecule has 2 unspecified atom stereocenters. The molecule has 2 amide bonds. The largest absolute Gasteiger partial charge is 0.480 e. The van der Waals surface area contributed by atoms with Gasteiger partial charge >= 0.3 is 12.1 Å². The molecular formula is C28H34N2O5. The van der Waals surface area contributed by atoms with Gasteiger partial charge in [-0.25, -0.2) is 9.59 Å².